The molecule has 1 heterocycles. The van der Waals surface area contributed by atoms with Crippen LogP contribution in [0.4, 0.5) is 4.79 Å². The third-order valence-electron chi connectivity index (χ3n) is 4.80. The lowest BCUT2D eigenvalue weighted by Gasteiger charge is -2.27. The van der Waals surface area contributed by atoms with Gasteiger partial charge in [-0.3, -0.25) is 4.79 Å². The quantitative estimate of drug-likeness (QED) is 0.660. The summed E-state index contributed by atoms with van der Waals surface area (Å²) >= 11 is 0. The highest BCUT2D eigenvalue weighted by Crippen LogP contribution is 2.57. The van der Waals surface area contributed by atoms with Crippen LogP contribution in [0.5, 0.6) is 0 Å². The van der Waals surface area contributed by atoms with Gasteiger partial charge in [-0.15, -0.1) is 0 Å². The summed E-state index contributed by atoms with van der Waals surface area (Å²) < 4.78 is 0. The third-order valence-corrected chi connectivity index (χ3v) is 4.80. The molecule has 5 heteroatoms. The lowest BCUT2D eigenvalue weighted by Crippen LogP contribution is -2.44. The van der Waals surface area contributed by atoms with Crippen LogP contribution in [-0.2, 0) is 4.79 Å². The number of carboxylic acids is 1. The SMILES string of the molecule is [B]C(=O)N1CC2C3CCC(C3)C2[C@H]1C(=O)O. The lowest BCUT2D eigenvalue weighted by atomic mass is 9.78. The predicted octanol–water partition coefficient (Wildman–Crippen LogP) is 0.706. The van der Waals surface area contributed by atoms with Gasteiger partial charge in [-0.25, -0.2) is 4.79 Å². The monoisotopic (exact) mass is 219 g/mol. The van der Waals surface area contributed by atoms with Gasteiger partial charge in [0.2, 0.25) is 7.85 Å². The molecule has 0 aromatic carbocycles. The molecule has 1 amide bonds. The van der Waals surface area contributed by atoms with Crippen molar-refractivity contribution in [2.24, 2.45) is 23.7 Å². The van der Waals surface area contributed by atoms with Crippen LogP contribution in [-0.4, -0.2) is 42.2 Å². The molecule has 0 aromatic heterocycles. The fraction of sp³-hybridized carbons (Fsp3) is 0.818. The molecule has 2 radical (unpaired) electrons. The second-order valence-corrected chi connectivity index (χ2v) is 5.35. The van der Waals surface area contributed by atoms with Crippen molar-refractivity contribution in [2.45, 2.75) is 25.3 Å². The maximum atomic E-state index is 11.3. The first-order valence-corrected chi connectivity index (χ1v) is 5.88. The highest BCUT2D eigenvalue weighted by atomic mass is 16.4. The second-order valence-electron chi connectivity index (χ2n) is 5.35. The third kappa shape index (κ3) is 1.17. The van der Waals surface area contributed by atoms with Crippen molar-refractivity contribution in [3.05, 3.63) is 0 Å². The summed E-state index contributed by atoms with van der Waals surface area (Å²) in [6, 6.07) is -0.669. The van der Waals surface area contributed by atoms with Crippen LogP contribution in [0.15, 0.2) is 0 Å². The van der Waals surface area contributed by atoms with E-state index in [0.717, 1.165) is 12.8 Å². The largest absolute Gasteiger partial charge is 0.480 e. The van der Waals surface area contributed by atoms with Crippen molar-refractivity contribution in [2.75, 3.05) is 6.54 Å². The molecule has 1 saturated heterocycles. The average Bonchev–Trinajstić information content (AvgIpc) is 2.87. The van der Waals surface area contributed by atoms with Crippen molar-refractivity contribution >= 4 is 19.6 Å². The molecule has 1 N–H and O–H groups in total. The summed E-state index contributed by atoms with van der Waals surface area (Å²) in [5, 5.41) is 9.26. The van der Waals surface area contributed by atoms with Gasteiger partial charge in [-0.2, -0.15) is 0 Å². The highest BCUT2D eigenvalue weighted by Gasteiger charge is 2.58. The highest BCUT2D eigenvalue weighted by molar-refractivity contribution is 6.57. The van der Waals surface area contributed by atoms with Crippen LogP contribution in [0.3, 0.4) is 0 Å². The van der Waals surface area contributed by atoms with E-state index in [9.17, 15) is 14.7 Å². The van der Waals surface area contributed by atoms with Gasteiger partial charge in [0.25, 0.3) is 0 Å². The lowest BCUT2D eigenvalue weighted by molar-refractivity contribution is -0.143. The normalized spacial score (nSPS) is 44.8. The van der Waals surface area contributed by atoms with E-state index in [1.165, 1.54) is 11.3 Å². The molecule has 3 fully saturated rings. The minimum absolute atomic E-state index is 0.156. The van der Waals surface area contributed by atoms with Crippen molar-refractivity contribution in [3.63, 3.8) is 0 Å². The second kappa shape index (κ2) is 3.25. The van der Waals surface area contributed by atoms with Gasteiger partial charge < -0.3 is 10.0 Å². The zero-order valence-electron chi connectivity index (χ0n) is 9.00. The molecule has 2 aliphatic carbocycles. The number of carbonyl (C=O) groups excluding carboxylic acids is 1. The van der Waals surface area contributed by atoms with Crippen LogP contribution in [0.2, 0.25) is 0 Å². The number of likely N-dealkylation sites (tertiary alicyclic amines) is 1. The Morgan fingerprint density at radius 1 is 1.25 bits per heavy atom. The summed E-state index contributed by atoms with van der Waals surface area (Å²) in [5.74, 6) is 0.192. The molecule has 2 saturated carbocycles. The van der Waals surface area contributed by atoms with Gasteiger partial charge in [0.15, 0.2) is 5.81 Å². The zero-order chi connectivity index (χ0) is 11.4. The van der Waals surface area contributed by atoms with E-state index < -0.39 is 17.8 Å². The van der Waals surface area contributed by atoms with Gasteiger partial charge >= 0.3 is 5.97 Å². The van der Waals surface area contributed by atoms with E-state index in [1.54, 1.807) is 0 Å². The molecule has 0 aromatic rings. The standard InChI is InChI=1S/C11H14BNO3/c12-11(16)13-4-7-5-1-2-6(3-5)8(7)9(13)10(14)15/h5-9H,1-4H2,(H,14,15)/t5?,6?,7?,8?,9-/m0/s1. The van der Waals surface area contributed by atoms with Crippen molar-refractivity contribution in [1.82, 2.24) is 4.90 Å². The van der Waals surface area contributed by atoms with Gasteiger partial charge in [-0.1, -0.05) is 0 Å². The fourth-order valence-electron chi connectivity index (χ4n) is 4.29. The predicted molar refractivity (Wildman–Crippen MR) is 57.1 cm³/mol. The van der Waals surface area contributed by atoms with Crippen LogP contribution >= 0.6 is 0 Å². The molecule has 4 unspecified atom stereocenters. The Hall–Kier alpha value is -0.995. The average molecular weight is 219 g/mol. The number of rotatable bonds is 1. The topological polar surface area (TPSA) is 57.6 Å². The fourth-order valence-corrected chi connectivity index (χ4v) is 4.29. The number of aliphatic carboxylic acids is 1. The smallest absolute Gasteiger partial charge is 0.326 e. The summed E-state index contributed by atoms with van der Waals surface area (Å²) in [5.41, 5.74) is 0. The van der Waals surface area contributed by atoms with Crippen LogP contribution in [0.25, 0.3) is 0 Å². The molecule has 5 atom stereocenters. The number of carboxylic acid groups (broad SMARTS) is 1. The maximum absolute atomic E-state index is 11.3. The van der Waals surface area contributed by atoms with E-state index >= 15 is 0 Å². The Kier molecular flexibility index (Phi) is 2.07. The summed E-state index contributed by atoms with van der Waals surface area (Å²) in [4.78, 5) is 23.9. The van der Waals surface area contributed by atoms with Crippen molar-refractivity contribution < 1.29 is 14.7 Å². The first-order valence-electron chi connectivity index (χ1n) is 5.88. The number of nitrogens with zero attached hydrogens (tertiary/aromatic N) is 1. The molecular weight excluding hydrogens is 205 g/mol. The number of amides is 1. The number of hydrogen-bond donors (Lipinski definition) is 1. The van der Waals surface area contributed by atoms with Gasteiger partial charge in [0, 0.05) is 6.54 Å². The Labute approximate surface area is 95.4 Å². The van der Waals surface area contributed by atoms with Gasteiger partial charge in [-0.05, 0) is 42.9 Å². The molecule has 16 heavy (non-hydrogen) atoms. The molecule has 3 rings (SSSR count). The number of carbonyl (C=O) groups is 2. The Morgan fingerprint density at radius 3 is 2.56 bits per heavy atom. The molecule has 0 spiro atoms. The first-order chi connectivity index (χ1) is 7.59. The van der Waals surface area contributed by atoms with E-state index in [2.05, 4.69) is 0 Å². The van der Waals surface area contributed by atoms with Crippen molar-refractivity contribution in [3.8, 4) is 0 Å². The van der Waals surface area contributed by atoms with E-state index in [-0.39, 0.29) is 5.92 Å². The first kappa shape index (κ1) is 10.2. The molecule has 4 nitrogen and oxygen atoms in total. The van der Waals surface area contributed by atoms with E-state index in [0.29, 0.717) is 24.3 Å². The zero-order valence-corrected chi connectivity index (χ0v) is 9.00. The minimum Gasteiger partial charge on any atom is -0.480 e. The van der Waals surface area contributed by atoms with Crippen LogP contribution in [0.1, 0.15) is 19.3 Å². The van der Waals surface area contributed by atoms with Gasteiger partial charge in [0.1, 0.15) is 6.04 Å². The summed E-state index contributed by atoms with van der Waals surface area (Å²) in [7, 11) is 5.26. The van der Waals surface area contributed by atoms with Gasteiger partial charge in [0.05, 0.1) is 0 Å². The van der Waals surface area contributed by atoms with E-state index in [4.69, 9.17) is 7.85 Å². The molecule has 84 valence electrons. The Morgan fingerprint density at radius 2 is 1.94 bits per heavy atom. The van der Waals surface area contributed by atoms with Crippen LogP contribution in [0, 0.1) is 23.7 Å². The number of fused-ring (bicyclic) bond motifs is 5. The Balaban J connectivity index is 1.93. The number of hydrogen-bond acceptors (Lipinski definition) is 2. The van der Waals surface area contributed by atoms with E-state index in [1.807, 2.05) is 0 Å². The molecule has 3 aliphatic rings. The summed E-state index contributed by atoms with van der Waals surface area (Å²) in [6.07, 6.45) is 3.48. The van der Waals surface area contributed by atoms with Crippen LogP contribution < -0.4 is 0 Å². The Bertz CT molecular complexity index is 359. The molecular formula is C11H14BNO3. The minimum atomic E-state index is -0.890. The maximum Gasteiger partial charge on any atom is 0.326 e. The molecule has 1 aliphatic heterocycles. The summed E-state index contributed by atoms with van der Waals surface area (Å²) in [6.45, 7) is 0.554. The molecule has 2 bridgehead atoms. The van der Waals surface area contributed by atoms with Crippen molar-refractivity contribution in [1.29, 1.82) is 0 Å².